The highest BCUT2D eigenvalue weighted by Crippen LogP contribution is 2.21. The lowest BCUT2D eigenvalue weighted by molar-refractivity contribution is 0.477. The molecule has 0 amide bonds. The summed E-state index contributed by atoms with van der Waals surface area (Å²) in [6, 6.07) is 11.4. The molecule has 0 aliphatic carbocycles. The molecule has 0 saturated carbocycles. The molecule has 0 spiro atoms. The van der Waals surface area contributed by atoms with E-state index in [0.717, 1.165) is 19.1 Å². The highest BCUT2D eigenvalue weighted by Gasteiger charge is 2.27. The summed E-state index contributed by atoms with van der Waals surface area (Å²) < 4.78 is 78.6. The number of benzene rings is 2. The largest absolute Gasteiger partial charge is 0.284 e. The molecule has 12 heteroatoms. The first-order valence-electron chi connectivity index (χ1n) is 9.14. The standard InChI is InChI=1S/C18H23N3O6S3/c1-28(22,23)20-16-6-10-17(11-7-16)29(24,25)19-14-15-4-8-18(9-5-15)30(26,27)21-12-2-3-13-21/h4-11,19-20H,2-3,12-14H2,1H3. The van der Waals surface area contributed by atoms with Crippen molar-refractivity contribution in [3.05, 3.63) is 54.1 Å². The number of nitrogens with one attached hydrogen (secondary N) is 2. The summed E-state index contributed by atoms with van der Waals surface area (Å²) in [5.74, 6) is 0. The molecular formula is C18H23N3O6S3. The fraction of sp³-hybridized carbons (Fsp3) is 0.333. The van der Waals surface area contributed by atoms with Gasteiger partial charge in [-0.25, -0.2) is 30.0 Å². The molecule has 1 saturated heterocycles. The van der Waals surface area contributed by atoms with Gasteiger partial charge in [-0.1, -0.05) is 12.1 Å². The topological polar surface area (TPSA) is 130 Å². The molecule has 3 rings (SSSR count). The predicted molar refractivity (Wildman–Crippen MR) is 113 cm³/mol. The van der Waals surface area contributed by atoms with Gasteiger partial charge in [0, 0.05) is 25.3 Å². The lowest BCUT2D eigenvalue weighted by Gasteiger charge is -2.15. The normalized spacial score (nSPS) is 15.9. The van der Waals surface area contributed by atoms with Gasteiger partial charge in [0.1, 0.15) is 0 Å². The Hall–Kier alpha value is -1.99. The van der Waals surface area contributed by atoms with E-state index in [9.17, 15) is 25.3 Å². The van der Waals surface area contributed by atoms with Crippen LogP contribution in [0.25, 0.3) is 0 Å². The highest BCUT2D eigenvalue weighted by atomic mass is 32.2. The van der Waals surface area contributed by atoms with Crippen molar-refractivity contribution in [2.75, 3.05) is 24.1 Å². The smallest absolute Gasteiger partial charge is 0.243 e. The maximum Gasteiger partial charge on any atom is 0.243 e. The monoisotopic (exact) mass is 473 g/mol. The van der Waals surface area contributed by atoms with Crippen LogP contribution in [0.1, 0.15) is 18.4 Å². The van der Waals surface area contributed by atoms with Gasteiger partial charge < -0.3 is 0 Å². The average molecular weight is 474 g/mol. The van der Waals surface area contributed by atoms with Gasteiger partial charge in [-0.2, -0.15) is 4.31 Å². The van der Waals surface area contributed by atoms with Gasteiger partial charge in [-0.05, 0) is 54.8 Å². The molecule has 30 heavy (non-hydrogen) atoms. The Labute approximate surface area is 177 Å². The summed E-state index contributed by atoms with van der Waals surface area (Å²) in [5.41, 5.74) is 0.862. The van der Waals surface area contributed by atoms with E-state index in [0.29, 0.717) is 18.7 Å². The van der Waals surface area contributed by atoms with Crippen molar-refractivity contribution in [3.8, 4) is 0 Å². The summed E-state index contributed by atoms with van der Waals surface area (Å²) in [6.45, 7) is 1.01. The minimum absolute atomic E-state index is 0.0181. The highest BCUT2D eigenvalue weighted by molar-refractivity contribution is 7.92. The molecule has 9 nitrogen and oxygen atoms in total. The lowest BCUT2D eigenvalue weighted by Crippen LogP contribution is -2.28. The van der Waals surface area contributed by atoms with Crippen LogP contribution in [0.15, 0.2) is 58.3 Å². The van der Waals surface area contributed by atoms with Crippen LogP contribution in [0.3, 0.4) is 0 Å². The molecule has 0 aromatic heterocycles. The number of rotatable bonds is 8. The molecule has 0 bridgehead atoms. The quantitative estimate of drug-likeness (QED) is 0.595. The number of anilines is 1. The second-order valence-corrected chi connectivity index (χ2v) is 12.4. The van der Waals surface area contributed by atoms with E-state index in [1.807, 2.05) is 0 Å². The molecule has 0 unspecified atom stereocenters. The average Bonchev–Trinajstić information content (AvgIpc) is 3.22. The van der Waals surface area contributed by atoms with E-state index < -0.39 is 30.1 Å². The van der Waals surface area contributed by atoms with Gasteiger partial charge in [-0.15, -0.1) is 0 Å². The third-order valence-electron chi connectivity index (χ3n) is 4.56. The van der Waals surface area contributed by atoms with Crippen molar-refractivity contribution in [2.45, 2.75) is 29.2 Å². The maximum absolute atomic E-state index is 12.5. The fourth-order valence-electron chi connectivity index (χ4n) is 3.03. The van der Waals surface area contributed by atoms with Gasteiger partial charge in [0.05, 0.1) is 16.0 Å². The van der Waals surface area contributed by atoms with Crippen LogP contribution in [0.2, 0.25) is 0 Å². The number of nitrogens with zero attached hydrogens (tertiary/aromatic N) is 1. The van der Waals surface area contributed by atoms with Gasteiger partial charge in [0.2, 0.25) is 30.1 Å². The third kappa shape index (κ3) is 5.58. The van der Waals surface area contributed by atoms with Crippen molar-refractivity contribution in [1.82, 2.24) is 9.03 Å². The van der Waals surface area contributed by atoms with E-state index in [1.54, 1.807) is 12.1 Å². The Morgan fingerprint density at radius 1 is 0.800 bits per heavy atom. The number of hydrogen-bond acceptors (Lipinski definition) is 6. The molecule has 1 aliphatic rings. The summed E-state index contributed by atoms with van der Waals surface area (Å²) >= 11 is 0. The summed E-state index contributed by atoms with van der Waals surface area (Å²) in [5, 5.41) is 0. The number of sulfonamides is 3. The Bertz CT molecular complexity index is 1200. The van der Waals surface area contributed by atoms with Gasteiger partial charge in [0.25, 0.3) is 0 Å². The molecule has 1 fully saturated rings. The minimum Gasteiger partial charge on any atom is -0.284 e. The zero-order valence-corrected chi connectivity index (χ0v) is 18.7. The minimum atomic E-state index is -3.82. The molecule has 1 aliphatic heterocycles. The molecule has 2 aromatic rings. The van der Waals surface area contributed by atoms with Crippen molar-refractivity contribution < 1.29 is 25.3 Å². The molecule has 164 valence electrons. The van der Waals surface area contributed by atoms with Crippen LogP contribution in [-0.4, -0.2) is 48.9 Å². The van der Waals surface area contributed by atoms with Gasteiger partial charge in [-0.3, -0.25) is 4.72 Å². The SMILES string of the molecule is CS(=O)(=O)Nc1ccc(S(=O)(=O)NCc2ccc(S(=O)(=O)N3CCCC3)cc2)cc1. The molecule has 0 atom stereocenters. The molecular weight excluding hydrogens is 450 g/mol. The van der Waals surface area contributed by atoms with Crippen LogP contribution in [0.4, 0.5) is 5.69 Å². The second kappa shape index (κ2) is 8.63. The number of hydrogen-bond donors (Lipinski definition) is 2. The maximum atomic E-state index is 12.5. The van der Waals surface area contributed by atoms with E-state index in [-0.39, 0.29) is 22.0 Å². The lowest BCUT2D eigenvalue weighted by atomic mass is 10.2. The summed E-state index contributed by atoms with van der Waals surface area (Å²) in [7, 11) is -10.8. The van der Waals surface area contributed by atoms with Crippen molar-refractivity contribution in [2.24, 2.45) is 0 Å². The van der Waals surface area contributed by atoms with E-state index in [1.165, 1.54) is 40.7 Å². The van der Waals surface area contributed by atoms with E-state index in [2.05, 4.69) is 9.44 Å². The van der Waals surface area contributed by atoms with Crippen molar-refractivity contribution >= 4 is 35.8 Å². The second-order valence-electron chi connectivity index (χ2n) is 6.98. The first kappa shape index (κ1) is 22.7. The van der Waals surface area contributed by atoms with E-state index >= 15 is 0 Å². The Balaban J connectivity index is 1.66. The summed E-state index contributed by atoms with van der Waals surface area (Å²) in [4.78, 5) is 0.166. The first-order valence-corrected chi connectivity index (χ1v) is 14.0. The van der Waals surface area contributed by atoms with Crippen LogP contribution in [0.5, 0.6) is 0 Å². The van der Waals surface area contributed by atoms with E-state index in [4.69, 9.17) is 0 Å². The Morgan fingerprint density at radius 3 is 1.87 bits per heavy atom. The van der Waals surface area contributed by atoms with Crippen LogP contribution in [0, 0.1) is 0 Å². The van der Waals surface area contributed by atoms with Crippen molar-refractivity contribution in [3.63, 3.8) is 0 Å². The molecule has 1 heterocycles. The zero-order chi connectivity index (χ0) is 22.0. The summed E-state index contributed by atoms with van der Waals surface area (Å²) in [6.07, 6.45) is 2.70. The molecule has 2 N–H and O–H groups in total. The first-order chi connectivity index (χ1) is 14.0. The van der Waals surface area contributed by atoms with Crippen LogP contribution >= 0.6 is 0 Å². The molecule has 2 aromatic carbocycles. The van der Waals surface area contributed by atoms with Crippen LogP contribution < -0.4 is 9.44 Å². The Morgan fingerprint density at radius 2 is 1.33 bits per heavy atom. The third-order valence-corrected chi connectivity index (χ3v) is 8.50. The van der Waals surface area contributed by atoms with Gasteiger partial charge >= 0.3 is 0 Å². The van der Waals surface area contributed by atoms with Crippen LogP contribution in [-0.2, 0) is 36.6 Å². The zero-order valence-electron chi connectivity index (χ0n) is 16.3. The molecule has 0 radical (unpaired) electrons. The van der Waals surface area contributed by atoms with Crippen molar-refractivity contribution in [1.29, 1.82) is 0 Å². The van der Waals surface area contributed by atoms with Gasteiger partial charge in [0.15, 0.2) is 0 Å². The fourth-order valence-corrected chi connectivity index (χ4v) is 6.13. The Kier molecular flexibility index (Phi) is 6.53. The predicted octanol–water partition coefficient (Wildman–Crippen LogP) is 1.32.